The van der Waals surface area contributed by atoms with Crippen LogP contribution in [0.15, 0.2) is 52.2 Å². The maximum Gasteiger partial charge on any atom is 0.278 e. The fourth-order valence-electron chi connectivity index (χ4n) is 6.29. The molecule has 37 heavy (non-hydrogen) atoms. The van der Waals surface area contributed by atoms with Crippen molar-refractivity contribution in [3.8, 4) is 17.0 Å². The molecule has 2 aromatic carbocycles. The minimum atomic E-state index is -0.541. The Hall–Kier alpha value is -3.23. The highest BCUT2D eigenvalue weighted by Gasteiger charge is 2.55. The molecule has 190 valence electrons. The van der Waals surface area contributed by atoms with Gasteiger partial charge in [-0.25, -0.2) is 4.68 Å². The zero-order valence-electron chi connectivity index (χ0n) is 20.8. The lowest BCUT2D eigenvalue weighted by atomic mass is 9.90. The van der Waals surface area contributed by atoms with Crippen molar-refractivity contribution in [1.29, 1.82) is 0 Å². The quantitative estimate of drug-likeness (QED) is 0.500. The lowest BCUT2D eigenvalue weighted by Crippen LogP contribution is -2.61. The fourth-order valence-corrected chi connectivity index (χ4v) is 7.49. The van der Waals surface area contributed by atoms with E-state index in [1.165, 1.54) is 27.7 Å². The number of aromatic nitrogens is 1. The van der Waals surface area contributed by atoms with Gasteiger partial charge in [0, 0.05) is 34.4 Å². The molecule has 0 bridgehead atoms. The van der Waals surface area contributed by atoms with Gasteiger partial charge in [0.15, 0.2) is 11.4 Å². The minimum Gasteiger partial charge on any atom is -0.502 e. The topological polar surface area (TPSA) is 83.8 Å². The van der Waals surface area contributed by atoms with Crippen molar-refractivity contribution in [2.75, 3.05) is 18.6 Å². The summed E-state index contributed by atoms with van der Waals surface area (Å²) >= 11 is 1.83. The number of aryl methyl sites for hydroxylation is 1. The number of hydrogen-bond acceptors (Lipinski definition) is 6. The van der Waals surface area contributed by atoms with Gasteiger partial charge in [-0.05, 0) is 67.3 Å². The van der Waals surface area contributed by atoms with Gasteiger partial charge in [-0.3, -0.25) is 9.59 Å². The second-order valence-electron chi connectivity index (χ2n) is 10.6. The average Bonchev–Trinajstić information content (AvgIpc) is 3.68. The summed E-state index contributed by atoms with van der Waals surface area (Å²) in [6.45, 7) is 3.15. The van der Waals surface area contributed by atoms with Crippen LogP contribution in [0.25, 0.3) is 11.3 Å². The number of rotatable bonds is 1. The number of carbonyl (C=O) groups is 1. The number of thioether (sulfide) groups is 1. The van der Waals surface area contributed by atoms with E-state index in [1.54, 1.807) is 4.68 Å². The van der Waals surface area contributed by atoms with E-state index in [9.17, 15) is 14.7 Å². The molecule has 2 N–H and O–H groups in total. The molecule has 3 aromatic rings. The van der Waals surface area contributed by atoms with Crippen LogP contribution in [0.5, 0.6) is 5.75 Å². The largest absolute Gasteiger partial charge is 0.502 e. The summed E-state index contributed by atoms with van der Waals surface area (Å²) in [7, 11) is 0. The van der Waals surface area contributed by atoms with Crippen LogP contribution in [0.1, 0.15) is 58.4 Å². The smallest absolute Gasteiger partial charge is 0.278 e. The van der Waals surface area contributed by atoms with Crippen LogP contribution in [0, 0.1) is 6.92 Å². The van der Waals surface area contributed by atoms with E-state index in [0.29, 0.717) is 18.9 Å². The van der Waals surface area contributed by atoms with Crippen LogP contribution in [0.2, 0.25) is 0 Å². The summed E-state index contributed by atoms with van der Waals surface area (Å²) in [4.78, 5) is 30.2. The zero-order chi connectivity index (χ0) is 25.3. The summed E-state index contributed by atoms with van der Waals surface area (Å²) in [6, 6.07) is 14.0. The first-order valence-electron chi connectivity index (χ1n) is 13.0. The monoisotopic (exact) mass is 515 g/mol. The van der Waals surface area contributed by atoms with Crippen molar-refractivity contribution >= 4 is 17.7 Å². The van der Waals surface area contributed by atoms with E-state index >= 15 is 0 Å². The van der Waals surface area contributed by atoms with Crippen LogP contribution >= 0.6 is 11.8 Å². The third-order valence-corrected chi connectivity index (χ3v) is 9.54. The van der Waals surface area contributed by atoms with Crippen molar-refractivity contribution in [3.05, 3.63) is 80.6 Å². The first-order chi connectivity index (χ1) is 18.0. The summed E-state index contributed by atoms with van der Waals surface area (Å²) in [5.41, 5.74) is 9.09. The van der Waals surface area contributed by atoms with Crippen molar-refractivity contribution < 1.29 is 14.6 Å². The molecule has 8 heteroatoms. The average molecular weight is 516 g/mol. The standard InChI is InChI=1S/C29H29N3O4S/c1-17-7-8-19(20-13-18-5-2-3-6-24(18)37-16-21(17)20)22-14-23(33)27(34)26-28(35)31-25(30-32(22)26)15-36-12-4-9-29(31)10-11-29/h2-3,5-8,14,25,30,34H,4,9-13,15-16H2,1H3/t25-/m0/s1. The number of aromatic hydroxyl groups is 1. The summed E-state index contributed by atoms with van der Waals surface area (Å²) < 4.78 is 7.54. The maximum absolute atomic E-state index is 14.0. The highest BCUT2D eigenvalue weighted by atomic mass is 32.2. The molecule has 1 aromatic heterocycles. The predicted octanol–water partition coefficient (Wildman–Crippen LogP) is 4.39. The summed E-state index contributed by atoms with van der Waals surface area (Å²) in [5, 5.41) is 10.9. The van der Waals surface area contributed by atoms with Crippen molar-refractivity contribution in [2.45, 2.75) is 61.4 Å². The molecule has 4 aliphatic rings. The molecule has 1 aliphatic carbocycles. The molecular formula is C29H29N3O4S. The Morgan fingerprint density at radius 2 is 1.95 bits per heavy atom. The number of nitrogens with one attached hydrogen (secondary N) is 1. The lowest BCUT2D eigenvalue weighted by Gasteiger charge is -2.45. The highest BCUT2D eigenvalue weighted by Crippen LogP contribution is 2.49. The molecule has 0 unspecified atom stereocenters. The van der Waals surface area contributed by atoms with Crippen molar-refractivity contribution in [2.24, 2.45) is 0 Å². The van der Waals surface area contributed by atoms with Gasteiger partial charge in [-0.2, -0.15) is 0 Å². The normalized spacial score (nSPS) is 21.5. The summed E-state index contributed by atoms with van der Waals surface area (Å²) in [5.74, 6) is 0.0280. The Balaban J connectivity index is 1.43. The third-order valence-electron chi connectivity index (χ3n) is 8.40. The van der Waals surface area contributed by atoms with Gasteiger partial charge in [0.05, 0.1) is 12.3 Å². The molecule has 2 fully saturated rings. The molecule has 0 radical (unpaired) electrons. The van der Waals surface area contributed by atoms with E-state index in [4.69, 9.17) is 4.74 Å². The molecular weight excluding hydrogens is 486 g/mol. The Morgan fingerprint density at radius 1 is 1.11 bits per heavy atom. The molecule has 7 nitrogen and oxygen atoms in total. The number of amides is 1. The van der Waals surface area contributed by atoms with Gasteiger partial charge in [0.1, 0.15) is 6.17 Å². The fraction of sp³-hybridized carbons (Fsp3) is 0.379. The second-order valence-corrected chi connectivity index (χ2v) is 11.6. The third kappa shape index (κ3) is 3.53. The van der Waals surface area contributed by atoms with Crippen LogP contribution in [0.3, 0.4) is 0 Å². The van der Waals surface area contributed by atoms with Gasteiger partial charge in [-0.15, -0.1) is 11.8 Å². The van der Waals surface area contributed by atoms with E-state index in [0.717, 1.165) is 49.0 Å². The predicted molar refractivity (Wildman–Crippen MR) is 143 cm³/mol. The summed E-state index contributed by atoms with van der Waals surface area (Å²) in [6.07, 6.45) is 3.99. The highest BCUT2D eigenvalue weighted by molar-refractivity contribution is 7.98. The van der Waals surface area contributed by atoms with Crippen LogP contribution in [-0.4, -0.2) is 45.5 Å². The number of ether oxygens (including phenoxy) is 1. The lowest BCUT2D eigenvalue weighted by molar-refractivity contribution is 0.00293. The molecule has 1 saturated carbocycles. The Morgan fingerprint density at radius 3 is 2.78 bits per heavy atom. The number of fused-ring (bicyclic) bond motifs is 5. The number of carbonyl (C=O) groups excluding carboxylic acids is 1. The van der Waals surface area contributed by atoms with E-state index < -0.39 is 11.2 Å². The first-order valence-corrected chi connectivity index (χ1v) is 13.9. The molecule has 1 saturated heterocycles. The zero-order valence-corrected chi connectivity index (χ0v) is 21.6. The SMILES string of the molecule is Cc1ccc(-c2cc(=O)c(O)c3n2N[C@@H]2COCCCC4(CC4)N2C3=O)c2c1CSc1ccccc1C2. The Bertz CT molecular complexity index is 1510. The van der Waals surface area contributed by atoms with E-state index in [2.05, 4.69) is 42.7 Å². The number of benzene rings is 2. The maximum atomic E-state index is 14.0. The van der Waals surface area contributed by atoms with Crippen LogP contribution in [-0.2, 0) is 16.9 Å². The van der Waals surface area contributed by atoms with E-state index in [1.807, 2.05) is 22.7 Å². The molecule has 7 rings (SSSR count). The van der Waals surface area contributed by atoms with Crippen molar-refractivity contribution in [1.82, 2.24) is 9.58 Å². The molecule has 3 aliphatic heterocycles. The molecule has 1 atom stereocenters. The molecule has 1 amide bonds. The number of pyridine rings is 1. The van der Waals surface area contributed by atoms with Gasteiger partial charge in [-0.1, -0.05) is 30.3 Å². The van der Waals surface area contributed by atoms with Gasteiger partial charge in [0.25, 0.3) is 5.91 Å². The van der Waals surface area contributed by atoms with Crippen LogP contribution in [0.4, 0.5) is 0 Å². The molecule has 4 heterocycles. The van der Waals surface area contributed by atoms with Gasteiger partial charge < -0.3 is 20.2 Å². The first kappa shape index (κ1) is 22.9. The minimum absolute atomic E-state index is 0.0170. The Labute approximate surface area is 219 Å². The van der Waals surface area contributed by atoms with E-state index in [-0.39, 0.29) is 23.3 Å². The Kier molecular flexibility index (Phi) is 5.20. The second kappa shape index (κ2) is 8.39. The number of hydrogen-bond donors (Lipinski definition) is 2. The van der Waals surface area contributed by atoms with Gasteiger partial charge >= 0.3 is 0 Å². The molecule has 1 spiro atoms. The number of nitrogens with zero attached hydrogens (tertiary/aromatic N) is 2. The van der Waals surface area contributed by atoms with Crippen molar-refractivity contribution in [3.63, 3.8) is 0 Å². The van der Waals surface area contributed by atoms with Crippen LogP contribution < -0.4 is 10.9 Å². The van der Waals surface area contributed by atoms with Gasteiger partial charge in [0.2, 0.25) is 5.43 Å².